The summed E-state index contributed by atoms with van der Waals surface area (Å²) in [5, 5.41) is 27.5. The highest BCUT2D eigenvalue weighted by molar-refractivity contribution is 5.51. The standard InChI is InChI=1S/C10H4F12O3/c11-1-2(23)6(13,14)4(12)7(15,16)3(1,24)9(19,20)5(25,8(2,17)18)10(4,21)22/h1,23-25H. The van der Waals surface area contributed by atoms with E-state index < -0.39 is 58.3 Å². The van der Waals surface area contributed by atoms with Crippen LogP contribution in [0.15, 0.2) is 0 Å². The molecule has 4 aliphatic rings. The molecule has 4 rings (SSSR count). The molecule has 3 N–H and O–H groups in total. The van der Waals surface area contributed by atoms with Crippen LogP contribution in [0.25, 0.3) is 0 Å². The maximum atomic E-state index is 14.2. The van der Waals surface area contributed by atoms with Gasteiger partial charge in [-0.25, -0.2) is 8.78 Å². The van der Waals surface area contributed by atoms with Gasteiger partial charge in [-0.2, -0.15) is 43.9 Å². The summed E-state index contributed by atoms with van der Waals surface area (Å²) in [5.74, 6) is -35.5. The average Bonchev–Trinajstić information content (AvgIpc) is 2.45. The summed E-state index contributed by atoms with van der Waals surface area (Å²) in [6.45, 7) is 0. The van der Waals surface area contributed by atoms with E-state index in [-0.39, 0.29) is 0 Å². The van der Waals surface area contributed by atoms with Crippen LogP contribution in [0, 0.1) is 0 Å². The molecule has 4 aliphatic carbocycles. The fourth-order valence-electron chi connectivity index (χ4n) is 3.84. The van der Waals surface area contributed by atoms with Gasteiger partial charge >= 0.3 is 35.3 Å². The second-order valence-corrected chi connectivity index (χ2v) is 6.14. The molecule has 2 atom stereocenters. The Balaban J connectivity index is 2.65. The highest BCUT2D eigenvalue weighted by atomic mass is 19.3. The molecule has 2 unspecified atom stereocenters. The van der Waals surface area contributed by atoms with Crippen molar-refractivity contribution in [3.05, 3.63) is 0 Å². The molecule has 4 saturated carbocycles. The monoisotopic (exact) mass is 400 g/mol. The quantitative estimate of drug-likeness (QED) is 0.540. The molecular formula is C10H4F12O3. The van der Waals surface area contributed by atoms with Crippen molar-refractivity contribution in [2.75, 3.05) is 0 Å². The van der Waals surface area contributed by atoms with E-state index in [0.29, 0.717) is 0 Å². The van der Waals surface area contributed by atoms with Gasteiger partial charge < -0.3 is 15.3 Å². The van der Waals surface area contributed by atoms with E-state index in [9.17, 15) is 62.9 Å². The number of alkyl halides is 12. The van der Waals surface area contributed by atoms with Crippen molar-refractivity contribution < 1.29 is 68.0 Å². The van der Waals surface area contributed by atoms with Gasteiger partial charge in [-0.05, 0) is 0 Å². The second-order valence-electron chi connectivity index (χ2n) is 6.14. The number of hydrogen-bond donors (Lipinski definition) is 3. The zero-order valence-electron chi connectivity index (χ0n) is 11.0. The molecule has 0 spiro atoms. The van der Waals surface area contributed by atoms with Gasteiger partial charge in [0.2, 0.25) is 11.2 Å². The van der Waals surface area contributed by atoms with E-state index in [2.05, 4.69) is 0 Å². The smallest absolute Gasteiger partial charge is 0.334 e. The predicted molar refractivity (Wildman–Crippen MR) is 48.3 cm³/mol. The molecule has 25 heavy (non-hydrogen) atoms. The summed E-state index contributed by atoms with van der Waals surface area (Å²) in [6, 6.07) is 0. The van der Waals surface area contributed by atoms with Crippen molar-refractivity contribution in [2.45, 2.75) is 58.3 Å². The van der Waals surface area contributed by atoms with Crippen molar-refractivity contribution in [3.8, 4) is 0 Å². The summed E-state index contributed by atoms with van der Waals surface area (Å²) in [6.07, 6.45) is -5.43. The number of halogens is 12. The van der Waals surface area contributed by atoms with Crippen LogP contribution in [0.3, 0.4) is 0 Å². The Bertz CT molecular complexity index is 586. The molecule has 0 amide bonds. The Kier molecular flexibility index (Phi) is 2.68. The Morgan fingerprint density at radius 2 is 0.760 bits per heavy atom. The predicted octanol–water partition coefficient (Wildman–Crippen LogP) is 1.44. The van der Waals surface area contributed by atoms with Crippen LogP contribution in [0.2, 0.25) is 0 Å². The Hall–Kier alpha value is -0.960. The Labute approximate surface area is 127 Å². The van der Waals surface area contributed by atoms with Crippen LogP contribution in [0.5, 0.6) is 0 Å². The summed E-state index contributed by atoms with van der Waals surface area (Å²) in [5.41, 5.74) is -26.7. The van der Waals surface area contributed by atoms with Gasteiger partial charge in [0, 0.05) is 0 Å². The molecule has 15 heteroatoms. The van der Waals surface area contributed by atoms with E-state index >= 15 is 0 Å². The zero-order chi connectivity index (χ0) is 20.1. The lowest BCUT2D eigenvalue weighted by atomic mass is 9.40. The van der Waals surface area contributed by atoms with E-state index in [1.165, 1.54) is 0 Å². The van der Waals surface area contributed by atoms with E-state index in [1.807, 2.05) is 0 Å². The number of rotatable bonds is 0. The number of aliphatic hydroxyl groups is 3. The van der Waals surface area contributed by atoms with Crippen LogP contribution in [-0.4, -0.2) is 73.6 Å². The first kappa shape index (κ1) is 18.8. The molecule has 4 bridgehead atoms. The van der Waals surface area contributed by atoms with Crippen LogP contribution in [0.4, 0.5) is 52.7 Å². The third kappa shape index (κ3) is 0.999. The Morgan fingerprint density at radius 1 is 0.480 bits per heavy atom. The molecular weight excluding hydrogens is 396 g/mol. The summed E-state index contributed by atoms with van der Waals surface area (Å²) in [7, 11) is 0. The van der Waals surface area contributed by atoms with Crippen molar-refractivity contribution in [2.24, 2.45) is 0 Å². The van der Waals surface area contributed by atoms with Crippen molar-refractivity contribution in [3.63, 3.8) is 0 Å². The average molecular weight is 400 g/mol. The third-order valence-electron chi connectivity index (χ3n) is 5.31. The largest absolute Gasteiger partial charge is 0.376 e. The molecule has 0 heterocycles. The van der Waals surface area contributed by atoms with E-state index in [4.69, 9.17) is 5.11 Å². The van der Waals surface area contributed by atoms with Crippen LogP contribution in [0.1, 0.15) is 0 Å². The van der Waals surface area contributed by atoms with Gasteiger partial charge in [-0.15, -0.1) is 0 Å². The maximum absolute atomic E-state index is 14.2. The molecule has 0 radical (unpaired) electrons. The second kappa shape index (κ2) is 3.56. The van der Waals surface area contributed by atoms with Crippen molar-refractivity contribution >= 4 is 0 Å². The Morgan fingerprint density at radius 3 is 1.04 bits per heavy atom. The molecule has 0 saturated heterocycles. The first-order valence-corrected chi connectivity index (χ1v) is 6.05. The van der Waals surface area contributed by atoms with Crippen LogP contribution >= 0.6 is 0 Å². The topological polar surface area (TPSA) is 60.7 Å². The van der Waals surface area contributed by atoms with Gasteiger partial charge in [0.05, 0.1) is 0 Å². The van der Waals surface area contributed by atoms with Crippen LogP contribution in [-0.2, 0) is 0 Å². The van der Waals surface area contributed by atoms with Crippen LogP contribution < -0.4 is 0 Å². The van der Waals surface area contributed by atoms with Gasteiger partial charge in [0.1, 0.15) is 0 Å². The normalized spacial score (nSPS) is 56.0. The summed E-state index contributed by atoms with van der Waals surface area (Å²) < 4.78 is 167. The minimum atomic E-state index is -7.35. The van der Waals surface area contributed by atoms with Gasteiger partial charge in [-0.1, -0.05) is 0 Å². The fraction of sp³-hybridized carbons (Fsp3) is 1.00. The molecule has 0 aliphatic heterocycles. The molecule has 4 fully saturated rings. The minimum Gasteiger partial charge on any atom is -0.376 e. The zero-order valence-corrected chi connectivity index (χ0v) is 11.0. The molecule has 0 aromatic rings. The minimum absolute atomic E-state index is 5.43. The first-order chi connectivity index (χ1) is 10.7. The lowest BCUT2D eigenvalue weighted by Gasteiger charge is -2.74. The molecule has 0 aromatic carbocycles. The summed E-state index contributed by atoms with van der Waals surface area (Å²) >= 11 is 0. The van der Waals surface area contributed by atoms with Gasteiger partial charge in [0.15, 0.2) is 6.17 Å². The highest BCUT2D eigenvalue weighted by Crippen LogP contribution is 2.83. The molecule has 3 nitrogen and oxygen atoms in total. The SMILES string of the molecule is OC12C(F)C3(O)C(F)(F)C(O)(C1(F)F)C(F)(F)C(F)(C2(F)F)C3(F)F. The summed E-state index contributed by atoms with van der Waals surface area (Å²) in [4.78, 5) is 0. The molecule has 146 valence electrons. The lowest BCUT2D eigenvalue weighted by molar-refractivity contribution is -0.605. The fourth-order valence-corrected chi connectivity index (χ4v) is 3.84. The van der Waals surface area contributed by atoms with Gasteiger partial charge in [0.25, 0.3) is 5.60 Å². The lowest BCUT2D eigenvalue weighted by Crippen LogP contribution is -3.09. The maximum Gasteiger partial charge on any atom is 0.334 e. The highest BCUT2D eigenvalue weighted by Gasteiger charge is 3.18. The van der Waals surface area contributed by atoms with Gasteiger partial charge in [-0.3, -0.25) is 0 Å². The van der Waals surface area contributed by atoms with Crippen molar-refractivity contribution in [1.82, 2.24) is 0 Å². The third-order valence-corrected chi connectivity index (χ3v) is 5.31. The van der Waals surface area contributed by atoms with E-state index in [1.54, 1.807) is 0 Å². The first-order valence-electron chi connectivity index (χ1n) is 6.05. The van der Waals surface area contributed by atoms with Crippen molar-refractivity contribution in [1.29, 1.82) is 0 Å². The molecule has 0 aromatic heterocycles. The van der Waals surface area contributed by atoms with E-state index in [0.717, 1.165) is 0 Å². The number of hydrogen-bond acceptors (Lipinski definition) is 3.